The van der Waals surface area contributed by atoms with Crippen LogP contribution in [0.15, 0.2) is 28.7 Å². The quantitative estimate of drug-likeness (QED) is 0.844. The SMILES string of the molecule is C[C@]1(c2ccc(Br)cc2)C[C@@H]1CO. The summed E-state index contributed by atoms with van der Waals surface area (Å²) in [5.74, 6) is 0.466. The summed E-state index contributed by atoms with van der Waals surface area (Å²) in [4.78, 5) is 0. The van der Waals surface area contributed by atoms with Crippen molar-refractivity contribution in [2.24, 2.45) is 5.92 Å². The second-order valence-electron chi connectivity index (χ2n) is 4.01. The lowest BCUT2D eigenvalue weighted by Crippen LogP contribution is -2.06. The lowest BCUT2D eigenvalue weighted by molar-refractivity contribution is 0.265. The third-order valence-electron chi connectivity index (χ3n) is 3.14. The van der Waals surface area contributed by atoms with E-state index in [1.54, 1.807) is 0 Å². The summed E-state index contributed by atoms with van der Waals surface area (Å²) >= 11 is 3.42. The van der Waals surface area contributed by atoms with E-state index in [0.717, 1.165) is 10.9 Å². The molecule has 1 saturated carbocycles. The van der Waals surface area contributed by atoms with Gasteiger partial charge in [0.2, 0.25) is 0 Å². The van der Waals surface area contributed by atoms with Crippen LogP contribution in [0.4, 0.5) is 0 Å². The van der Waals surface area contributed by atoms with E-state index in [9.17, 15) is 0 Å². The molecule has 2 rings (SSSR count). The van der Waals surface area contributed by atoms with E-state index < -0.39 is 0 Å². The normalized spacial score (nSPS) is 31.8. The topological polar surface area (TPSA) is 20.2 Å². The number of hydrogen-bond donors (Lipinski definition) is 1. The van der Waals surface area contributed by atoms with Crippen molar-refractivity contribution in [1.29, 1.82) is 0 Å². The number of aliphatic hydroxyl groups excluding tert-OH is 1. The third kappa shape index (κ3) is 1.53. The largest absolute Gasteiger partial charge is 0.396 e. The zero-order valence-electron chi connectivity index (χ0n) is 7.63. The average molecular weight is 241 g/mol. The van der Waals surface area contributed by atoms with Crippen molar-refractivity contribution < 1.29 is 5.11 Å². The highest BCUT2D eigenvalue weighted by molar-refractivity contribution is 9.10. The van der Waals surface area contributed by atoms with Gasteiger partial charge in [-0.05, 0) is 35.4 Å². The van der Waals surface area contributed by atoms with Crippen LogP contribution in [0, 0.1) is 5.92 Å². The van der Waals surface area contributed by atoms with E-state index in [4.69, 9.17) is 5.11 Å². The number of rotatable bonds is 2. The Hall–Kier alpha value is -0.340. The second kappa shape index (κ2) is 3.10. The molecule has 1 aliphatic rings. The Kier molecular flexibility index (Phi) is 2.20. The molecule has 1 N–H and O–H groups in total. The van der Waals surface area contributed by atoms with Crippen LogP contribution >= 0.6 is 15.9 Å². The van der Waals surface area contributed by atoms with Gasteiger partial charge in [0.25, 0.3) is 0 Å². The van der Waals surface area contributed by atoms with E-state index >= 15 is 0 Å². The van der Waals surface area contributed by atoms with Gasteiger partial charge in [0.15, 0.2) is 0 Å². The van der Waals surface area contributed by atoms with Crippen LogP contribution in [0.3, 0.4) is 0 Å². The number of aliphatic hydroxyl groups is 1. The highest BCUT2D eigenvalue weighted by Crippen LogP contribution is 2.53. The van der Waals surface area contributed by atoms with E-state index in [1.165, 1.54) is 5.56 Å². The van der Waals surface area contributed by atoms with Crippen molar-refractivity contribution >= 4 is 15.9 Å². The fourth-order valence-corrected chi connectivity index (χ4v) is 2.17. The number of halogens is 1. The molecule has 0 radical (unpaired) electrons. The van der Waals surface area contributed by atoms with Crippen LogP contribution in [0.2, 0.25) is 0 Å². The molecule has 0 aliphatic heterocycles. The Morgan fingerprint density at radius 3 is 2.54 bits per heavy atom. The van der Waals surface area contributed by atoms with E-state index in [1.807, 2.05) is 0 Å². The van der Waals surface area contributed by atoms with Gasteiger partial charge < -0.3 is 5.11 Å². The average Bonchev–Trinajstić information content (AvgIpc) is 2.80. The minimum Gasteiger partial charge on any atom is -0.396 e. The summed E-state index contributed by atoms with van der Waals surface area (Å²) in [7, 11) is 0. The molecule has 1 aromatic carbocycles. The number of benzene rings is 1. The van der Waals surface area contributed by atoms with E-state index in [2.05, 4.69) is 47.1 Å². The molecule has 1 aliphatic carbocycles. The molecule has 0 bridgehead atoms. The minimum absolute atomic E-state index is 0.232. The molecule has 13 heavy (non-hydrogen) atoms. The molecule has 0 spiro atoms. The minimum atomic E-state index is 0.232. The van der Waals surface area contributed by atoms with Crippen LogP contribution in [-0.2, 0) is 5.41 Å². The molecule has 2 heteroatoms. The Morgan fingerprint density at radius 1 is 1.46 bits per heavy atom. The van der Waals surface area contributed by atoms with Crippen molar-refractivity contribution in [2.75, 3.05) is 6.61 Å². The zero-order valence-corrected chi connectivity index (χ0v) is 9.21. The van der Waals surface area contributed by atoms with Gasteiger partial charge in [0.05, 0.1) is 0 Å². The summed E-state index contributed by atoms with van der Waals surface area (Å²) < 4.78 is 1.11. The molecule has 70 valence electrons. The molecule has 1 nitrogen and oxygen atoms in total. The Bertz CT molecular complexity index is 306. The van der Waals surface area contributed by atoms with Gasteiger partial charge in [-0.1, -0.05) is 35.0 Å². The molecule has 1 fully saturated rings. The molecule has 0 saturated heterocycles. The Morgan fingerprint density at radius 2 is 2.08 bits per heavy atom. The fourth-order valence-electron chi connectivity index (χ4n) is 1.90. The molecular weight excluding hydrogens is 228 g/mol. The first kappa shape index (κ1) is 9.22. The van der Waals surface area contributed by atoms with Crippen molar-refractivity contribution in [1.82, 2.24) is 0 Å². The van der Waals surface area contributed by atoms with Crippen molar-refractivity contribution in [3.63, 3.8) is 0 Å². The highest BCUT2D eigenvalue weighted by atomic mass is 79.9. The van der Waals surface area contributed by atoms with Crippen molar-refractivity contribution in [3.8, 4) is 0 Å². The zero-order chi connectivity index (χ0) is 9.47. The van der Waals surface area contributed by atoms with Gasteiger partial charge in [-0.2, -0.15) is 0 Å². The summed E-state index contributed by atoms with van der Waals surface area (Å²) in [5.41, 5.74) is 1.57. The maximum absolute atomic E-state index is 9.05. The van der Waals surface area contributed by atoms with Crippen LogP contribution in [-0.4, -0.2) is 11.7 Å². The monoisotopic (exact) mass is 240 g/mol. The van der Waals surface area contributed by atoms with Crippen molar-refractivity contribution in [2.45, 2.75) is 18.8 Å². The smallest absolute Gasteiger partial charge is 0.0468 e. The van der Waals surface area contributed by atoms with Crippen LogP contribution in [0.5, 0.6) is 0 Å². The Labute approximate surface area is 86.9 Å². The maximum atomic E-state index is 9.05. The van der Waals surface area contributed by atoms with E-state index in [0.29, 0.717) is 12.5 Å². The van der Waals surface area contributed by atoms with Crippen LogP contribution in [0.25, 0.3) is 0 Å². The van der Waals surface area contributed by atoms with Gasteiger partial charge >= 0.3 is 0 Å². The first-order chi connectivity index (χ1) is 6.16. The fraction of sp³-hybridized carbons (Fsp3) is 0.455. The summed E-state index contributed by atoms with van der Waals surface area (Å²) in [6, 6.07) is 8.40. The third-order valence-corrected chi connectivity index (χ3v) is 3.66. The summed E-state index contributed by atoms with van der Waals surface area (Å²) in [6.45, 7) is 2.53. The molecule has 2 atom stereocenters. The Balaban J connectivity index is 2.23. The predicted octanol–water partition coefficient (Wildman–Crippen LogP) is 2.72. The molecule has 0 aromatic heterocycles. The van der Waals surface area contributed by atoms with Gasteiger partial charge in [0.1, 0.15) is 0 Å². The van der Waals surface area contributed by atoms with Crippen LogP contribution < -0.4 is 0 Å². The lowest BCUT2D eigenvalue weighted by atomic mass is 9.96. The predicted molar refractivity (Wildman–Crippen MR) is 56.7 cm³/mol. The van der Waals surface area contributed by atoms with Gasteiger partial charge in [-0.25, -0.2) is 0 Å². The summed E-state index contributed by atoms with van der Waals surface area (Å²) in [6.07, 6.45) is 1.12. The van der Waals surface area contributed by atoms with E-state index in [-0.39, 0.29) is 5.41 Å². The van der Waals surface area contributed by atoms with Gasteiger partial charge in [-0.15, -0.1) is 0 Å². The van der Waals surface area contributed by atoms with Crippen molar-refractivity contribution in [3.05, 3.63) is 34.3 Å². The summed E-state index contributed by atoms with van der Waals surface area (Å²) in [5, 5.41) is 9.05. The first-order valence-electron chi connectivity index (χ1n) is 4.54. The standard InChI is InChI=1S/C11H13BrO/c1-11(6-9(11)7-13)8-2-4-10(12)5-3-8/h2-5,9,13H,6-7H2,1H3/t9-,11-/m1/s1. The highest BCUT2D eigenvalue weighted by Gasteiger charge is 2.50. The molecular formula is C11H13BrO. The maximum Gasteiger partial charge on any atom is 0.0468 e. The molecule has 1 aromatic rings. The second-order valence-corrected chi connectivity index (χ2v) is 4.92. The molecule has 0 heterocycles. The lowest BCUT2D eigenvalue weighted by Gasteiger charge is -2.10. The molecule has 0 amide bonds. The first-order valence-corrected chi connectivity index (χ1v) is 5.33. The van der Waals surface area contributed by atoms with Crippen LogP contribution in [0.1, 0.15) is 18.9 Å². The number of hydrogen-bond acceptors (Lipinski definition) is 1. The van der Waals surface area contributed by atoms with Gasteiger partial charge in [0, 0.05) is 11.1 Å². The van der Waals surface area contributed by atoms with Gasteiger partial charge in [-0.3, -0.25) is 0 Å². The molecule has 0 unspecified atom stereocenters.